The van der Waals surface area contributed by atoms with Gasteiger partial charge in [0.05, 0.1) is 9.79 Å². The smallest absolute Gasteiger partial charge is 0.316 e. The normalized spacial score (nSPS) is 11.8. The number of rotatable bonds is 18. The number of benzene rings is 4. The van der Waals surface area contributed by atoms with Crippen LogP contribution < -0.4 is 8.61 Å². The van der Waals surface area contributed by atoms with Gasteiger partial charge in [-0.25, -0.2) is 58.7 Å². The first-order chi connectivity index (χ1) is 30.6. The van der Waals surface area contributed by atoms with Crippen molar-refractivity contribution in [1.82, 2.24) is 0 Å². The number of hydrogen-bond acceptors (Lipinski definition) is 4. The van der Waals surface area contributed by atoms with Gasteiger partial charge in [-0.05, 0) is 74.2 Å². The minimum Gasteiger partial charge on any atom is -0.316 e. The van der Waals surface area contributed by atoms with Crippen LogP contribution in [0.25, 0.3) is 0 Å². The molecule has 2 atom stereocenters. The van der Waals surface area contributed by atoms with Crippen LogP contribution in [0.1, 0.15) is 90.2 Å². The molecule has 13 heteroatoms. The summed E-state index contributed by atoms with van der Waals surface area (Å²) < 4.78 is 111. The van der Waals surface area contributed by atoms with Gasteiger partial charge in [0, 0.05) is 36.4 Å². The van der Waals surface area contributed by atoms with Crippen molar-refractivity contribution in [2.24, 2.45) is 11.8 Å². The zero-order chi connectivity index (χ0) is 47.1. The van der Waals surface area contributed by atoms with Crippen LogP contribution in [0.5, 0.6) is 0 Å². The molecule has 6 rings (SSSR count). The zero-order valence-corrected chi connectivity index (χ0v) is 41.5. The Balaban J connectivity index is 0.000000361. The molecule has 2 unspecified atom stereocenters. The SMILES string of the molecule is CCCCC(CC)CN(c1ccc(F)[c-]c1F)S(=O)(=O)c1ccc(C)cc1.CCCCC(CC)CN(c1ccc(F)[c-]c1F)S(=O)(=O)c1ccc(C)cc1.[Ti+4].c1cc[cH-]c1.c1cc[cH-]c1. The Kier molecular flexibility index (Phi) is 25.5. The van der Waals surface area contributed by atoms with E-state index in [9.17, 15) is 34.4 Å². The van der Waals surface area contributed by atoms with E-state index in [-0.39, 0.29) is 67.8 Å². The molecule has 6 aromatic rings. The van der Waals surface area contributed by atoms with Gasteiger partial charge in [-0.3, -0.25) is 0 Å². The van der Waals surface area contributed by atoms with Crippen molar-refractivity contribution in [3.8, 4) is 0 Å². The summed E-state index contributed by atoms with van der Waals surface area (Å²) in [5, 5.41) is 0. The van der Waals surface area contributed by atoms with Crippen LogP contribution in [0.4, 0.5) is 28.9 Å². The molecule has 0 amide bonds. The number of halogens is 4. The maximum atomic E-state index is 14.4. The predicted molar refractivity (Wildman–Crippen MR) is 252 cm³/mol. The molecule has 65 heavy (non-hydrogen) atoms. The average Bonchev–Trinajstić information content (AvgIpc) is 4.07. The van der Waals surface area contributed by atoms with Crippen LogP contribution >= 0.6 is 0 Å². The molecule has 0 aliphatic carbocycles. The minimum atomic E-state index is -3.99. The Labute approximate surface area is 401 Å². The number of anilines is 2. The molecule has 0 radical (unpaired) electrons. The molecule has 0 saturated carbocycles. The molecule has 348 valence electrons. The number of aryl methyl sites for hydroxylation is 2. The second-order valence-electron chi connectivity index (χ2n) is 15.5. The van der Waals surface area contributed by atoms with E-state index in [2.05, 4.69) is 13.8 Å². The van der Waals surface area contributed by atoms with Crippen LogP contribution in [0.2, 0.25) is 0 Å². The summed E-state index contributed by atoms with van der Waals surface area (Å²) in [5.41, 5.74) is 1.51. The van der Waals surface area contributed by atoms with Gasteiger partial charge in [-0.15, -0.1) is 36.4 Å². The van der Waals surface area contributed by atoms with Crippen molar-refractivity contribution in [3.05, 3.63) is 180 Å². The van der Waals surface area contributed by atoms with Crippen LogP contribution in [-0.2, 0) is 41.8 Å². The maximum Gasteiger partial charge on any atom is 4.00 e. The van der Waals surface area contributed by atoms with Crippen molar-refractivity contribution in [1.29, 1.82) is 0 Å². The fourth-order valence-corrected chi connectivity index (χ4v) is 9.61. The quantitative estimate of drug-likeness (QED) is 0.0489. The number of unbranched alkanes of at least 4 members (excludes halogenated alkanes) is 2. The van der Waals surface area contributed by atoms with Crippen molar-refractivity contribution in [2.75, 3.05) is 21.7 Å². The molecular weight excluding hydrogens is 905 g/mol. The van der Waals surface area contributed by atoms with E-state index in [1.807, 2.05) is 100 Å². The summed E-state index contributed by atoms with van der Waals surface area (Å²) in [6.07, 6.45) is 7.17. The van der Waals surface area contributed by atoms with Gasteiger partial charge < -0.3 is 8.61 Å². The molecule has 0 aliphatic heterocycles. The minimum absolute atomic E-state index is 0. The first-order valence-electron chi connectivity index (χ1n) is 21.9. The average molecular weight is 967 g/mol. The molecule has 0 bridgehead atoms. The van der Waals surface area contributed by atoms with Crippen molar-refractivity contribution in [3.63, 3.8) is 0 Å². The monoisotopic (exact) mass is 966 g/mol. The second-order valence-corrected chi connectivity index (χ2v) is 19.2. The molecule has 0 aliphatic rings. The van der Waals surface area contributed by atoms with E-state index in [0.717, 1.165) is 83.2 Å². The summed E-state index contributed by atoms with van der Waals surface area (Å²) in [7, 11) is -7.97. The van der Waals surface area contributed by atoms with E-state index < -0.39 is 43.3 Å². The Morgan fingerprint density at radius 2 is 0.846 bits per heavy atom. The summed E-state index contributed by atoms with van der Waals surface area (Å²) in [6.45, 7) is 12.1. The van der Waals surface area contributed by atoms with Gasteiger partial charge in [-0.1, -0.05) is 102 Å². The summed E-state index contributed by atoms with van der Waals surface area (Å²) in [5.74, 6) is -3.57. The molecular formula is C52H62F4N2O4S2Ti. The first-order valence-corrected chi connectivity index (χ1v) is 24.7. The Hall–Kier alpha value is -4.49. The standard InChI is InChI=1S/2C21H26F2NO2S.2C5H5.Ti/c2*1-4-6-7-17(5-2)15-24(21-13-10-18(22)14-20(21)23)27(25,26)19-11-8-16(3)9-12-19;2*1-2-4-5-3-1;/h2*8-13,17H,4-7,15H2,1-3H3;2*1-5H;/q4*-1;+4. The van der Waals surface area contributed by atoms with E-state index in [0.29, 0.717) is 0 Å². The van der Waals surface area contributed by atoms with E-state index in [4.69, 9.17) is 0 Å². The molecule has 0 fully saturated rings. The Bertz CT molecular complexity index is 2210. The molecule has 6 nitrogen and oxygen atoms in total. The zero-order valence-electron chi connectivity index (χ0n) is 38.3. The summed E-state index contributed by atoms with van der Waals surface area (Å²) in [6, 6.07) is 41.1. The van der Waals surface area contributed by atoms with Crippen LogP contribution in [-0.4, -0.2) is 29.9 Å². The fraction of sp³-hybridized carbons (Fsp3) is 0.346. The van der Waals surface area contributed by atoms with Gasteiger partial charge >= 0.3 is 21.7 Å². The second kappa shape index (κ2) is 29.2. The largest absolute Gasteiger partial charge is 4.00 e. The van der Waals surface area contributed by atoms with Crippen molar-refractivity contribution >= 4 is 31.4 Å². The van der Waals surface area contributed by atoms with Gasteiger partial charge in [0.25, 0.3) is 20.0 Å². The summed E-state index contributed by atoms with van der Waals surface area (Å²) in [4.78, 5) is 0.171. The Morgan fingerprint density at radius 3 is 1.09 bits per heavy atom. The summed E-state index contributed by atoms with van der Waals surface area (Å²) >= 11 is 0. The molecule has 0 spiro atoms. The molecule has 0 N–H and O–H groups in total. The molecule has 0 heterocycles. The third-order valence-electron chi connectivity index (χ3n) is 10.5. The van der Waals surface area contributed by atoms with Gasteiger partial charge in [-0.2, -0.15) is 36.4 Å². The van der Waals surface area contributed by atoms with Gasteiger partial charge in [0.1, 0.15) is 0 Å². The Morgan fingerprint density at radius 1 is 0.523 bits per heavy atom. The first kappa shape index (κ1) is 56.6. The van der Waals surface area contributed by atoms with Crippen LogP contribution in [0.15, 0.2) is 143 Å². The van der Waals surface area contributed by atoms with Crippen LogP contribution in [0, 0.1) is 61.1 Å². The molecule has 6 aromatic carbocycles. The topological polar surface area (TPSA) is 74.8 Å². The number of hydrogen-bond donors (Lipinski definition) is 0. The fourth-order valence-electron chi connectivity index (χ4n) is 6.53. The third-order valence-corrected chi connectivity index (χ3v) is 14.1. The molecule has 0 aromatic heterocycles. The van der Waals surface area contributed by atoms with Gasteiger partial charge in [0.2, 0.25) is 0 Å². The van der Waals surface area contributed by atoms with E-state index in [1.54, 1.807) is 24.3 Å². The third kappa shape index (κ3) is 18.4. The van der Waals surface area contributed by atoms with Crippen molar-refractivity contribution in [2.45, 2.75) is 103 Å². The van der Waals surface area contributed by atoms with Crippen LogP contribution in [0.3, 0.4) is 0 Å². The maximum absolute atomic E-state index is 14.4. The van der Waals surface area contributed by atoms with E-state index >= 15 is 0 Å². The van der Waals surface area contributed by atoms with Gasteiger partial charge in [0.15, 0.2) is 0 Å². The number of sulfonamides is 2. The molecule has 0 saturated heterocycles. The van der Waals surface area contributed by atoms with E-state index in [1.165, 1.54) is 36.4 Å². The predicted octanol–water partition coefficient (Wildman–Crippen LogP) is 13.8. The van der Waals surface area contributed by atoms with Crippen molar-refractivity contribution < 1.29 is 56.1 Å². The number of nitrogens with zero attached hydrogens (tertiary/aromatic N) is 2.